The maximum atomic E-state index is 5.47. The van der Waals surface area contributed by atoms with Crippen LogP contribution < -0.4 is 51.4 Å². The van der Waals surface area contributed by atoms with Crippen molar-refractivity contribution >= 4 is 29.2 Å². The van der Waals surface area contributed by atoms with Crippen LogP contribution in [-0.4, -0.2) is 10.5 Å². The Hall–Kier alpha value is 1.75. The molecular weight excluding hydrogens is 215 g/mol. The van der Waals surface area contributed by atoms with Crippen molar-refractivity contribution in [3.8, 4) is 0 Å². The largest absolute Gasteiger partial charge is 1.00 e. The van der Waals surface area contributed by atoms with Crippen molar-refractivity contribution in [1.29, 1.82) is 0 Å². The molecule has 4 heteroatoms. The molecule has 4 saturated carbocycles. The van der Waals surface area contributed by atoms with Crippen molar-refractivity contribution < 1.29 is 56.1 Å². The molecule has 0 N–H and O–H groups in total. The molecule has 0 aliphatic heterocycles. The molecule has 12 heavy (non-hydrogen) atoms. The summed E-state index contributed by atoms with van der Waals surface area (Å²) < 4.78 is 5.79. The van der Waals surface area contributed by atoms with E-state index in [1.165, 1.54) is 12.8 Å². The molecule has 60 valence electrons. The van der Waals surface area contributed by atoms with E-state index in [0.29, 0.717) is 10.5 Å². The van der Waals surface area contributed by atoms with Crippen molar-refractivity contribution in [3.63, 3.8) is 0 Å². The fourth-order valence-electron chi connectivity index (χ4n) is 3.29. The zero-order valence-electron chi connectivity index (χ0n) is 7.03. The van der Waals surface area contributed by atoms with Crippen LogP contribution in [0.3, 0.4) is 0 Å². The maximum absolute atomic E-state index is 5.47. The average molecular weight is 224 g/mol. The Labute approximate surface area is 126 Å². The Bertz CT molecular complexity index is 219. The number of rotatable bonds is 1. The third-order valence-corrected chi connectivity index (χ3v) is 3.82. The van der Waals surface area contributed by atoms with Crippen molar-refractivity contribution in [1.82, 2.24) is 0 Å². The summed E-state index contributed by atoms with van der Waals surface area (Å²) in [6.07, 6.45) is 3.20. The molecule has 1 nitrogen and oxygen atoms in total. The number of thiocarbonyl (C=S) groups is 1. The van der Waals surface area contributed by atoms with E-state index in [2.05, 4.69) is 0 Å². The van der Waals surface area contributed by atoms with Gasteiger partial charge < -0.3 is 29.6 Å². The van der Waals surface area contributed by atoms with Gasteiger partial charge in [-0.1, -0.05) is 0 Å². The van der Waals surface area contributed by atoms with Gasteiger partial charge in [-0.25, -0.2) is 0 Å². The van der Waals surface area contributed by atoms with Crippen molar-refractivity contribution in [2.45, 2.75) is 18.9 Å². The Balaban J connectivity index is 0.000000563. The molecule has 0 aromatic heterocycles. The molecule has 0 aromatic rings. The summed E-state index contributed by atoms with van der Waals surface area (Å²) in [5.74, 6) is 3.64. The van der Waals surface area contributed by atoms with Crippen molar-refractivity contribution in [2.24, 2.45) is 23.7 Å². The molecule has 4 bridgehead atoms. The van der Waals surface area contributed by atoms with Crippen molar-refractivity contribution in [3.05, 3.63) is 0 Å². The Kier molecular flexibility index (Phi) is 2.91. The number of ether oxygens (including phenoxy) is 1. The van der Waals surface area contributed by atoms with E-state index in [4.69, 9.17) is 29.6 Å². The summed E-state index contributed by atoms with van der Waals surface area (Å²) in [4.78, 5) is 0. The standard InChI is InChI=1S/C8H10OS2.K/c10-8(11)9-7-3-1-4-5(2-3)6(4)7;/h3-7H,1-2H2,(H,10,11);/q;+1/p-1. The summed E-state index contributed by atoms with van der Waals surface area (Å²) >= 11 is 9.54. The van der Waals surface area contributed by atoms with Crippen LogP contribution in [0.4, 0.5) is 0 Å². The van der Waals surface area contributed by atoms with Gasteiger partial charge in [-0.05, 0) is 30.6 Å². The van der Waals surface area contributed by atoms with Gasteiger partial charge in [0.05, 0.1) is 0 Å². The van der Waals surface area contributed by atoms with E-state index in [0.717, 1.165) is 23.7 Å². The topological polar surface area (TPSA) is 9.23 Å². The summed E-state index contributed by atoms with van der Waals surface area (Å²) in [5, 5.41) is 0. The van der Waals surface area contributed by atoms with Crippen LogP contribution in [0, 0.1) is 23.7 Å². The zero-order chi connectivity index (χ0) is 7.59. The normalized spacial score (nSPS) is 51.5. The summed E-state index contributed by atoms with van der Waals surface area (Å²) in [5.41, 5.74) is 0. The van der Waals surface area contributed by atoms with E-state index >= 15 is 0 Å². The second-order valence-electron chi connectivity index (χ2n) is 3.97. The second kappa shape index (κ2) is 3.40. The first-order valence-electron chi connectivity index (χ1n) is 4.15. The van der Waals surface area contributed by atoms with E-state index in [1.54, 1.807) is 0 Å². The average Bonchev–Trinajstić information content (AvgIpc) is 2.30. The summed E-state index contributed by atoms with van der Waals surface area (Å²) in [6, 6.07) is 0. The maximum Gasteiger partial charge on any atom is 1.00 e. The van der Waals surface area contributed by atoms with Crippen LogP contribution in [0.25, 0.3) is 0 Å². The van der Waals surface area contributed by atoms with Gasteiger partial charge in [-0.15, -0.1) is 0 Å². The third-order valence-electron chi connectivity index (χ3n) is 3.62. The monoisotopic (exact) mass is 224 g/mol. The van der Waals surface area contributed by atoms with Gasteiger partial charge in [-0.2, -0.15) is 0 Å². The Morgan fingerprint density at radius 2 is 1.92 bits per heavy atom. The minimum absolute atomic E-state index is 0. The van der Waals surface area contributed by atoms with Crippen LogP contribution in [-0.2, 0) is 17.4 Å². The van der Waals surface area contributed by atoms with Gasteiger partial charge in [-0.3, -0.25) is 0 Å². The van der Waals surface area contributed by atoms with E-state index in [9.17, 15) is 0 Å². The third kappa shape index (κ3) is 1.35. The van der Waals surface area contributed by atoms with Crippen LogP contribution in [0.2, 0.25) is 0 Å². The molecule has 0 radical (unpaired) electrons. The van der Waals surface area contributed by atoms with E-state index < -0.39 is 0 Å². The molecule has 0 saturated heterocycles. The van der Waals surface area contributed by atoms with E-state index in [-0.39, 0.29) is 51.4 Å². The summed E-state index contributed by atoms with van der Waals surface area (Å²) in [6.45, 7) is 0. The van der Waals surface area contributed by atoms with Crippen molar-refractivity contribution in [2.75, 3.05) is 0 Å². The fourth-order valence-corrected chi connectivity index (χ4v) is 3.51. The fraction of sp³-hybridized carbons (Fsp3) is 0.875. The second-order valence-corrected chi connectivity index (χ2v) is 4.97. The molecule has 3 atom stereocenters. The van der Waals surface area contributed by atoms with Crippen LogP contribution in [0.5, 0.6) is 0 Å². The van der Waals surface area contributed by atoms with Crippen LogP contribution in [0.1, 0.15) is 12.8 Å². The van der Waals surface area contributed by atoms with E-state index in [1.807, 2.05) is 0 Å². The first-order valence-corrected chi connectivity index (χ1v) is 4.96. The molecule has 4 fully saturated rings. The van der Waals surface area contributed by atoms with Gasteiger partial charge in [0, 0.05) is 10.3 Å². The predicted molar refractivity (Wildman–Crippen MR) is 48.0 cm³/mol. The SMILES string of the molecule is S=C([S-])OC1C2CC3C(C2)C31.[K+]. The Morgan fingerprint density at radius 3 is 2.25 bits per heavy atom. The van der Waals surface area contributed by atoms with Gasteiger partial charge in [0.15, 0.2) is 0 Å². The first-order chi connectivity index (χ1) is 5.27. The molecule has 0 spiro atoms. The molecule has 3 unspecified atom stereocenters. The smallest absolute Gasteiger partial charge is 0.510 e. The van der Waals surface area contributed by atoms with Gasteiger partial charge in [0.25, 0.3) is 0 Å². The van der Waals surface area contributed by atoms with Crippen LogP contribution in [0.15, 0.2) is 0 Å². The Morgan fingerprint density at radius 1 is 1.33 bits per heavy atom. The quantitative estimate of drug-likeness (QED) is 0.305. The van der Waals surface area contributed by atoms with Gasteiger partial charge >= 0.3 is 51.4 Å². The number of hydrogen-bond donors (Lipinski definition) is 0. The van der Waals surface area contributed by atoms with Gasteiger partial charge in [0.1, 0.15) is 6.10 Å². The number of hydrogen-bond acceptors (Lipinski definition) is 3. The predicted octanol–water partition coefficient (Wildman–Crippen LogP) is -1.51. The molecule has 0 heterocycles. The molecule has 0 amide bonds. The minimum Gasteiger partial charge on any atom is -0.510 e. The molecule has 0 aromatic carbocycles. The minimum atomic E-state index is 0. The first kappa shape index (κ1) is 10.3. The molecular formula is C8H9KOS2. The summed E-state index contributed by atoms with van der Waals surface area (Å²) in [7, 11) is 0. The molecule has 4 aliphatic rings. The van der Waals surface area contributed by atoms with Gasteiger partial charge in [0.2, 0.25) is 0 Å². The zero-order valence-corrected chi connectivity index (χ0v) is 11.8. The van der Waals surface area contributed by atoms with Crippen LogP contribution >= 0.6 is 12.2 Å². The molecule has 4 rings (SSSR count). The molecule has 4 aliphatic carbocycles.